The molecule has 6 nitrogen and oxygen atoms in total. The Hall–Kier alpha value is -1.31. The van der Waals surface area contributed by atoms with Crippen molar-refractivity contribution in [3.8, 4) is 5.75 Å². The van der Waals surface area contributed by atoms with E-state index < -0.39 is 16.0 Å². The van der Waals surface area contributed by atoms with Crippen LogP contribution in [0.25, 0.3) is 0 Å². The average molecular weight is 308 g/mol. The highest BCUT2D eigenvalue weighted by molar-refractivity contribution is 7.89. The molecule has 0 bridgehead atoms. The van der Waals surface area contributed by atoms with Crippen molar-refractivity contribution in [1.29, 1.82) is 0 Å². The van der Waals surface area contributed by atoms with E-state index in [0.717, 1.165) is 6.07 Å². The molecule has 0 atom stereocenters. The number of ether oxygens (including phenoxy) is 2. The van der Waals surface area contributed by atoms with E-state index in [1.807, 2.05) is 0 Å². The lowest BCUT2D eigenvalue weighted by Crippen LogP contribution is -2.17. The zero-order chi connectivity index (χ0) is 14.8. The van der Waals surface area contributed by atoms with Crippen molar-refractivity contribution in [2.75, 3.05) is 7.11 Å². The molecule has 0 saturated heterocycles. The predicted molar refractivity (Wildman–Crippen MR) is 69.9 cm³/mol. The lowest BCUT2D eigenvalue weighted by atomic mass is 10.2. The highest BCUT2D eigenvalue weighted by Gasteiger charge is 2.24. The molecule has 0 spiro atoms. The van der Waals surface area contributed by atoms with Crippen molar-refractivity contribution in [3.05, 3.63) is 22.7 Å². The molecule has 106 valence electrons. The van der Waals surface area contributed by atoms with Crippen LogP contribution in [0.1, 0.15) is 24.2 Å². The molecule has 0 aliphatic rings. The Balaban J connectivity index is 3.48. The standard InChI is InChI=1S/C11H14ClNO5S/c1-6(2)18-11(14)8-4-7(12)5-9(10(8)17-3)19(13,15)16/h4-6H,1-3H3,(H2,13,15,16). The van der Waals surface area contributed by atoms with Crippen LogP contribution in [0.3, 0.4) is 0 Å². The van der Waals surface area contributed by atoms with E-state index in [-0.39, 0.29) is 27.3 Å². The molecule has 0 saturated carbocycles. The number of carbonyl (C=O) groups excluding carboxylic acids is 1. The summed E-state index contributed by atoms with van der Waals surface area (Å²) >= 11 is 5.78. The molecule has 0 heterocycles. The molecule has 1 aromatic rings. The number of esters is 1. The smallest absolute Gasteiger partial charge is 0.342 e. The van der Waals surface area contributed by atoms with Gasteiger partial charge in [0.2, 0.25) is 10.0 Å². The van der Waals surface area contributed by atoms with E-state index in [0.29, 0.717) is 0 Å². The predicted octanol–water partition coefficient (Wildman–Crippen LogP) is 1.56. The fourth-order valence-electron chi connectivity index (χ4n) is 1.42. The van der Waals surface area contributed by atoms with Gasteiger partial charge in [-0.05, 0) is 26.0 Å². The molecular formula is C11H14ClNO5S. The molecule has 0 aliphatic carbocycles. The largest absolute Gasteiger partial charge is 0.494 e. The molecule has 8 heteroatoms. The maximum atomic E-state index is 11.9. The second-order valence-corrected chi connectivity index (χ2v) is 5.95. The minimum absolute atomic E-state index is 0.0422. The third kappa shape index (κ3) is 3.82. The number of hydrogen-bond acceptors (Lipinski definition) is 5. The van der Waals surface area contributed by atoms with Crippen LogP contribution >= 0.6 is 11.6 Å². The lowest BCUT2D eigenvalue weighted by molar-refractivity contribution is 0.0374. The van der Waals surface area contributed by atoms with Crippen molar-refractivity contribution in [2.24, 2.45) is 5.14 Å². The van der Waals surface area contributed by atoms with Crippen molar-refractivity contribution in [2.45, 2.75) is 24.8 Å². The second kappa shape index (κ2) is 5.77. The van der Waals surface area contributed by atoms with E-state index in [1.165, 1.54) is 13.2 Å². The van der Waals surface area contributed by atoms with Crippen LogP contribution in [0.2, 0.25) is 5.02 Å². The van der Waals surface area contributed by atoms with Crippen LogP contribution in [0.4, 0.5) is 0 Å². The Morgan fingerprint density at radius 3 is 2.37 bits per heavy atom. The van der Waals surface area contributed by atoms with Crippen LogP contribution in [0.5, 0.6) is 5.75 Å². The van der Waals surface area contributed by atoms with E-state index >= 15 is 0 Å². The molecule has 0 aromatic heterocycles. The van der Waals surface area contributed by atoms with Gasteiger partial charge in [0.05, 0.1) is 13.2 Å². The van der Waals surface area contributed by atoms with Gasteiger partial charge < -0.3 is 9.47 Å². The first-order chi connectivity index (χ1) is 8.66. The number of rotatable bonds is 4. The average Bonchev–Trinajstić information content (AvgIpc) is 2.25. The summed E-state index contributed by atoms with van der Waals surface area (Å²) in [5.74, 6) is -0.920. The number of benzene rings is 1. The Kier molecular flexibility index (Phi) is 4.78. The number of nitrogens with two attached hydrogens (primary N) is 1. The molecule has 0 aliphatic heterocycles. The van der Waals surface area contributed by atoms with Crippen molar-refractivity contribution >= 4 is 27.6 Å². The first-order valence-electron chi connectivity index (χ1n) is 5.28. The van der Waals surface area contributed by atoms with Gasteiger partial charge in [-0.3, -0.25) is 0 Å². The van der Waals surface area contributed by atoms with Crippen molar-refractivity contribution < 1.29 is 22.7 Å². The SMILES string of the molecule is COc1c(C(=O)OC(C)C)cc(Cl)cc1S(N)(=O)=O. The summed E-state index contributed by atoms with van der Waals surface area (Å²) in [7, 11) is -2.84. The van der Waals surface area contributed by atoms with Gasteiger partial charge in [0, 0.05) is 5.02 Å². The molecule has 0 radical (unpaired) electrons. The third-order valence-corrected chi connectivity index (χ3v) is 3.23. The van der Waals surface area contributed by atoms with Gasteiger partial charge >= 0.3 is 5.97 Å². The fraction of sp³-hybridized carbons (Fsp3) is 0.364. The minimum Gasteiger partial charge on any atom is -0.494 e. The summed E-state index contributed by atoms with van der Waals surface area (Å²) in [5.41, 5.74) is -0.0901. The molecular weight excluding hydrogens is 294 g/mol. The molecule has 2 N–H and O–H groups in total. The molecule has 1 aromatic carbocycles. The fourth-order valence-corrected chi connectivity index (χ4v) is 2.45. The summed E-state index contributed by atoms with van der Waals surface area (Å²) < 4.78 is 32.8. The quantitative estimate of drug-likeness (QED) is 0.852. The van der Waals surface area contributed by atoms with Crippen LogP contribution < -0.4 is 9.88 Å². The highest BCUT2D eigenvalue weighted by Crippen LogP contribution is 2.31. The van der Waals surface area contributed by atoms with E-state index in [2.05, 4.69) is 0 Å². The van der Waals surface area contributed by atoms with Gasteiger partial charge in [-0.15, -0.1) is 0 Å². The van der Waals surface area contributed by atoms with E-state index in [1.54, 1.807) is 13.8 Å². The topological polar surface area (TPSA) is 95.7 Å². The molecule has 0 unspecified atom stereocenters. The zero-order valence-electron chi connectivity index (χ0n) is 10.6. The third-order valence-electron chi connectivity index (χ3n) is 2.09. The van der Waals surface area contributed by atoms with Gasteiger partial charge in [0.25, 0.3) is 0 Å². The van der Waals surface area contributed by atoms with Crippen LogP contribution in [-0.4, -0.2) is 27.6 Å². The monoisotopic (exact) mass is 307 g/mol. The van der Waals surface area contributed by atoms with Gasteiger partial charge in [-0.25, -0.2) is 18.4 Å². The Bertz CT molecular complexity index is 597. The van der Waals surface area contributed by atoms with Crippen molar-refractivity contribution in [3.63, 3.8) is 0 Å². The van der Waals surface area contributed by atoms with Gasteiger partial charge in [-0.1, -0.05) is 11.6 Å². The van der Waals surface area contributed by atoms with Gasteiger partial charge in [0.15, 0.2) is 5.75 Å². The Morgan fingerprint density at radius 1 is 1.37 bits per heavy atom. The highest BCUT2D eigenvalue weighted by atomic mass is 35.5. The Morgan fingerprint density at radius 2 is 1.95 bits per heavy atom. The summed E-state index contributed by atoms with van der Waals surface area (Å²) in [6.07, 6.45) is -0.367. The lowest BCUT2D eigenvalue weighted by Gasteiger charge is -2.14. The van der Waals surface area contributed by atoms with Crippen LogP contribution in [0, 0.1) is 0 Å². The number of carbonyl (C=O) groups is 1. The first-order valence-corrected chi connectivity index (χ1v) is 7.20. The molecule has 19 heavy (non-hydrogen) atoms. The summed E-state index contributed by atoms with van der Waals surface area (Å²) in [5, 5.41) is 5.10. The summed E-state index contributed by atoms with van der Waals surface area (Å²) in [6.45, 7) is 3.32. The second-order valence-electron chi connectivity index (χ2n) is 3.98. The first kappa shape index (κ1) is 15.7. The van der Waals surface area contributed by atoms with Gasteiger partial charge in [-0.2, -0.15) is 0 Å². The van der Waals surface area contributed by atoms with Crippen molar-refractivity contribution in [1.82, 2.24) is 0 Å². The number of primary sulfonamides is 1. The number of methoxy groups -OCH3 is 1. The maximum Gasteiger partial charge on any atom is 0.342 e. The number of hydrogen-bond donors (Lipinski definition) is 1. The molecule has 1 rings (SSSR count). The van der Waals surface area contributed by atoms with Crippen LogP contribution in [-0.2, 0) is 14.8 Å². The zero-order valence-corrected chi connectivity index (χ0v) is 12.2. The van der Waals surface area contributed by atoms with Gasteiger partial charge in [0.1, 0.15) is 10.5 Å². The van der Waals surface area contributed by atoms with E-state index in [9.17, 15) is 13.2 Å². The molecule has 0 fully saturated rings. The summed E-state index contributed by atoms with van der Waals surface area (Å²) in [6, 6.07) is 2.38. The molecule has 0 amide bonds. The maximum absolute atomic E-state index is 11.9. The normalized spacial score (nSPS) is 11.5. The van der Waals surface area contributed by atoms with E-state index in [4.69, 9.17) is 26.2 Å². The number of halogens is 1. The summed E-state index contributed by atoms with van der Waals surface area (Å²) in [4.78, 5) is 11.5. The van der Waals surface area contributed by atoms with Crippen LogP contribution in [0.15, 0.2) is 17.0 Å². The number of sulfonamides is 1. The minimum atomic E-state index is -4.07. The Labute approximate surface area is 116 Å².